The molecule has 8 heteroatoms. The van der Waals surface area contributed by atoms with Crippen LogP contribution in [0, 0.1) is 0 Å². The molecule has 0 saturated heterocycles. The van der Waals surface area contributed by atoms with Crippen LogP contribution >= 0.6 is 0 Å². The van der Waals surface area contributed by atoms with Gasteiger partial charge in [0.1, 0.15) is 0 Å². The standard InChI is InChI=1S/C7H8O6.2H3N/c1-3(2)7(12)13-4(5(8)9)6(10)11;;/h4H,1H2,2H3,(H,8,9)(H,10,11);2*1H3. The summed E-state index contributed by atoms with van der Waals surface area (Å²) in [4.78, 5) is 30.8. The third-order valence-electron chi connectivity index (χ3n) is 1.00. The lowest BCUT2D eigenvalue weighted by Gasteiger charge is -2.19. The van der Waals surface area contributed by atoms with Crippen molar-refractivity contribution in [2.24, 2.45) is 0 Å². The van der Waals surface area contributed by atoms with Gasteiger partial charge in [-0.25, -0.2) is 4.79 Å². The topological polar surface area (TPSA) is 180 Å². The molecule has 0 aliphatic rings. The van der Waals surface area contributed by atoms with Gasteiger partial charge in [-0.1, -0.05) is 6.58 Å². The number of carboxylic acids is 2. The molecule has 15 heavy (non-hydrogen) atoms. The van der Waals surface area contributed by atoms with Gasteiger partial charge in [-0.2, -0.15) is 0 Å². The highest BCUT2D eigenvalue weighted by atomic mass is 16.6. The van der Waals surface area contributed by atoms with Gasteiger partial charge < -0.3 is 36.8 Å². The second-order valence-electron chi connectivity index (χ2n) is 2.20. The van der Waals surface area contributed by atoms with E-state index in [1.807, 2.05) is 0 Å². The summed E-state index contributed by atoms with van der Waals surface area (Å²) in [6.07, 6.45) is -2.40. The molecule has 0 aliphatic carbocycles. The van der Waals surface area contributed by atoms with Crippen molar-refractivity contribution in [3.63, 3.8) is 0 Å². The molecular weight excluding hydrogens is 208 g/mol. The van der Waals surface area contributed by atoms with E-state index in [1.165, 1.54) is 6.92 Å². The summed E-state index contributed by atoms with van der Waals surface area (Å²) >= 11 is 0. The fraction of sp³-hybridized carbons (Fsp3) is 0.286. The van der Waals surface area contributed by atoms with Gasteiger partial charge in [-0.15, -0.1) is 0 Å². The van der Waals surface area contributed by atoms with E-state index in [4.69, 9.17) is 0 Å². The van der Waals surface area contributed by atoms with Gasteiger partial charge in [0.25, 0.3) is 0 Å². The van der Waals surface area contributed by atoms with Crippen molar-refractivity contribution in [1.29, 1.82) is 0 Å². The molecule has 0 bridgehead atoms. The molecule has 0 rings (SSSR count). The minimum Gasteiger partial charge on any atom is -0.546 e. The van der Waals surface area contributed by atoms with Crippen LogP contribution in [-0.4, -0.2) is 24.0 Å². The lowest BCUT2D eigenvalue weighted by Crippen LogP contribution is -2.50. The minimum atomic E-state index is -2.40. The van der Waals surface area contributed by atoms with Crippen LogP contribution in [0.3, 0.4) is 0 Å². The van der Waals surface area contributed by atoms with Crippen LogP contribution < -0.4 is 22.5 Å². The molecule has 0 aromatic carbocycles. The normalized spacial score (nSPS) is 8.13. The lowest BCUT2D eigenvalue weighted by atomic mass is 10.3. The molecule has 0 saturated carbocycles. The van der Waals surface area contributed by atoms with Gasteiger partial charge in [0.2, 0.25) is 0 Å². The Morgan fingerprint density at radius 3 is 1.67 bits per heavy atom. The van der Waals surface area contributed by atoms with Crippen molar-refractivity contribution in [2.45, 2.75) is 13.0 Å². The van der Waals surface area contributed by atoms with Crippen LogP contribution in [0.4, 0.5) is 0 Å². The van der Waals surface area contributed by atoms with Crippen molar-refractivity contribution in [2.75, 3.05) is 0 Å². The Morgan fingerprint density at radius 2 is 1.47 bits per heavy atom. The van der Waals surface area contributed by atoms with E-state index >= 15 is 0 Å². The highest BCUT2D eigenvalue weighted by molar-refractivity contribution is 5.98. The average Bonchev–Trinajstić information content (AvgIpc) is 1.97. The molecule has 0 aromatic rings. The Labute approximate surface area is 85.7 Å². The van der Waals surface area contributed by atoms with Gasteiger partial charge in [0.05, 0.1) is 11.9 Å². The molecule has 0 aliphatic heterocycles. The smallest absolute Gasteiger partial charge is 0.334 e. The Morgan fingerprint density at radius 1 is 1.13 bits per heavy atom. The molecule has 0 aromatic heterocycles. The number of esters is 1. The summed E-state index contributed by atoms with van der Waals surface area (Å²) in [5.74, 6) is -5.22. The number of quaternary nitrogens is 2. The van der Waals surface area contributed by atoms with E-state index in [1.54, 1.807) is 0 Å². The number of ether oxygens (including phenoxy) is 1. The largest absolute Gasteiger partial charge is 0.546 e. The zero-order chi connectivity index (χ0) is 10.6. The number of hydrogen-bond acceptors (Lipinski definition) is 6. The number of carboxylic acid groups (broad SMARTS) is 2. The van der Waals surface area contributed by atoms with E-state index in [-0.39, 0.29) is 17.9 Å². The second kappa shape index (κ2) is 7.47. The quantitative estimate of drug-likeness (QED) is 0.307. The number of aliphatic carboxylic acids is 2. The molecule has 0 heterocycles. The maximum absolute atomic E-state index is 10.7. The summed E-state index contributed by atoms with van der Waals surface area (Å²) in [6, 6.07) is 0. The Kier molecular flexibility index (Phi) is 9.35. The van der Waals surface area contributed by atoms with Crippen molar-refractivity contribution in [3.8, 4) is 0 Å². The Balaban J connectivity index is -0.000000720. The van der Waals surface area contributed by atoms with E-state index in [9.17, 15) is 24.6 Å². The molecule has 88 valence electrons. The van der Waals surface area contributed by atoms with E-state index in [0.717, 1.165) is 0 Å². The van der Waals surface area contributed by atoms with Gasteiger partial charge in [0.15, 0.2) is 6.10 Å². The third kappa shape index (κ3) is 6.18. The first kappa shape index (κ1) is 18.8. The molecule has 0 radical (unpaired) electrons. The average molecular weight is 222 g/mol. The molecule has 0 atom stereocenters. The molecule has 8 nitrogen and oxygen atoms in total. The molecular formula is C7H14N2O6. The maximum atomic E-state index is 10.7. The van der Waals surface area contributed by atoms with Crippen LogP contribution in [0.1, 0.15) is 6.92 Å². The third-order valence-corrected chi connectivity index (χ3v) is 1.00. The minimum absolute atomic E-state index is 0. The van der Waals surface area contributed by atoms with E-state index < -0.39 is 24.0 Å². The fourth-order valence-electron chi connectivity index (χ4n) is 0.400. The van der Waals surface area contributed by atoms with Crippen LogP contribution in [0.15, 0.2) is 12.2 Å². The lowest BCUT2D eigenvalue weighted by molar-refractivity contribution is -0.336. The molecule has 0 spiro atoms. The monoisotopic (exact) mass is 222 g/mol. The maximum Gasteiger partial charge on any atom is 0.334 e. The number of hydrogen-bond donors (Lipinski definition) is 2. The van der Waals surface area contributed by atoms with Gasteiger partial charge >= 0.3 is 5.97 Å². The first-order valence-corrected chi connectivity index (χ1v) is 3.14. The number of carbonyl (C=O) groups excluding carboxylic acids is 3. The van der Waals surface area contributed by atoms with Crippen LogP contribution in [0.5, 0.6) is 0 Å². The van der Waals surface area contributed by atoms with Crippen molar-refractivity contribution >= 4 is 17.9 Å². The summed E-state index contributed by atoms with van der Waals surface area (Å²) in [5, 5.41) is 20.1. The van der Waals surface area contributed by atoms with Gasteiger partial charge in [-0.3, -0.25) is 0 Å². The predicted octanol–water partition coefficient (Wildman–Crippen LogP) is -2.27. The summed E-state index contributed by atoms with van der Waals surface area (Å²) < 4.78 is 3.97. The highest BCUT2D eigenvalue weighted by Gasteiger charge is 2.16. The van der Waals surface area contributed by atoms with Crippen LogP contribution in [0.25, 0.3) is 0 Å². The first-order chi connectivity index (χ1) is 5.86. The number of carbonyl (C=O) groups is 3. The zero-order valence-electron chi connectivity index (χ0n) is 8.73. The summed E-state index contributed by atoms with van der Waals surface area (Å²) in [6.45, 7) is 4.37. The first-order valence-electron chi connectivity index (χ1n) is 3.14. The Bertz CT molecular complexity index is 261. The highest BCUT2D eigenvalue weighted by Crippen LogP contribution is 1.97. The van der Waals surface area contributed by atoms with E-state index in [0.29, 0.717) is 0 Å². The second-order valence-corrected chi connectivity index (χ2v) is 2.20. The summed E-state index contributed by atoms with van der Waals surface area (Å²) in [7, 11) is 0. The van der Waals surface area contributed by atoms with E-state index in [2.05, 4.69) is 11.3 Å². The number of rotatable bonds is 4. The zero-order valence-corrected chi connectivity index (χ0v) is 8.73. The molecule has 0 amide bonds. The summed E-state index contributed by atoms with van der Waals surface area (Å²) in [5.41, 5.74) is -0.118. The predicted molar refractivity (Wildman–Crippen MR) is 46.7 cm³/mol. The van der Waals surface area contributed by atoms with Gasteiger partial charge in [0, 0.05) is 5.57 Å². The van der Waals surface area contributed by atoms with Crippen molar-refractivity contribution < 1.29 is 29.3 Å². The SMILES string of the molecule is C=C(C)C(=O)OC(C(=O)[O-])C(=O)[O-].[NH4+].[NH4+]. The van der Waals surface area contributed by atoms with Crippen LogP contribution in [-0.2, 0) is 19.1 Å². The molecule has 8 N–H and O–H groups in total. The molecule has 0 unspecified atom stereocenters. The van der Waals surface area contributed by atoms with Crippen molar-refractivity contribution in [3.05, 3.63) is 12.2 Å². The Hall–Kier alpha value is -1.93. The molecule has 0 fully saturated rings. The van der Waals surface area contributed by atoms with Gasteiger partial charge in [-0.05, 0) is 6.92 Å². The van der Waals surface area contributed by atoms with Crippen LogP contribution in [0.2, 0.25) is 0 Å². The fourth-order valence-corrected chi connectivity index (χ4v) is 0.400. The van der Waals surface area contributed by atoms with Crippen molar-refractivity contribution in [1.82, 2.24) is 12.3 Å².